The van der Waals surface area contributed by atoms with E-state index in [1.807, 2.05) is 6.07 Å². The monoisotopic (exact) mass is 433 g/mol. The highest BCUT2D eigenvalue weighted by Crippen LogP contribution is 2.31. The maximum atomic E-state index is 12.2. The highest BCUT2D eigenvalue weighted by Gasteiger charge is 2.32. The van der Waals surface area contributed by atoms with E-state index in [1.54, 1.807) is 24.1 Å². The van der Waals surface area contributed by atoms with E-state index in [1.165, 1.54) is 14.2 Å². The number of halogens is 1. The number of hydrogen-bond donors (Lipinski definition) is 0. The second-order valence-electron chi connectivity index (χ2n) is 4.53. The molecule has 1 aromatic carbocycles. The Morgan fingerprint density at radius 2 is 1.87 bits per heavy atom. The van der Waals surface area contributed by atoms with Gasteiger partial charge in [0.2, 0.25) is 0 Å². The third kappa shape index (κ3) is 3.58. The van der Waals surface area contributed by atoms with Crippen LogP contribution in [0.2, 0.25) is 0 Å². The van der Waals surface area contributed by atoms with E-state index >= 15 is 0 Å². The number of carbonyl (C=O) groups excluding carboxylic acids is 2. The lowest BCUT2D eigenvalue weighted by atomic mass is 10.1. The summed E-state index contributed by atoms with van der Waals surface area (Å²) < 4.78 is 21.2. The Balaban J connectivity index is 2.55. The lowest BCUT2D eigenvalue weighted by Gasteiger charge is -2.31. The summed E-state index contributed by atoms with van der Waals surface area (Å²) in [6.07, 6.45) is 0. The minimum Gasteiger partial charge on any atom is -0.496 e. The molecule has 0 unspecified atom stereocenters. The molecule has 1 heterocycles. The predicted molar refractivity (Wildman–Crippen MR) is 90.1 cm³/mol. The van der Waals surface area contributed by atoms with E-state index in [4.69, 9.17) is 18.9 Å². The largest absolute Gasteiger partial charge is 0.496 e. The van der Waals surface area contributed by atoms with Crippen molar-refractivity contribution in [3.63, 3.8) is 0 Å². The van der Waals surface area contributed by atoms with Crippen LogP contribution in [0.4, 0.5) is 5.69 Å². The molecule has 124 valence electrons. The molecule has 0 saturated heterocycles. The van der Waals surface area contributed by atoms with Gasteiger partial charge >= 0.3 is 11.9 Å². The molecule has 7 nitrogen and oxygen atoms in total. The normalized spacial score (nSPS) is 14.5. The highest BCUT2D eigenvalue weighted by atomic mass is 127. The van der Waals surface area contributed by atoms with Gasteiger partial charge in [-0.15, -0.1) is 0 Å². The lowest BCUT2D eigenvalue weighted by Crippen LogP contribution is -2.38. The standard InChI is InChI=1S/C15H16INO6/c1-20-12-6-9(4-5-11(12)16)17-8-23-7-10(14(18)21-2)13(17)15(19)22-3/h4-6H,7-8H2,1-3H3. The van der Waals surface area contributed by atoms with Crippen LogP contribution in [0.5, 0.6) is 5.75 Å². The molecule has 0 bridgehead atoms. The van der Waals surface area contributed by atoms with E-state index in [0.717, 1.165) is 3.57 Å². The number of carbonyl (C=O) groups is 2. The number of benzene rings is 1. The Hall–Kier alpha value is -1.81. The molecule has 0 aromatic heterocycles. The molecule has 0 fully saturated rings. The SMILES string of the molecule is COC(=O)C1=C(C(=O)OC)N(c2ccc(I)c(OC)c2)COC1. The number of ether oxygens (including phenoxy) is 4. The topological polar surface area (TPSA) is 74.3 Å². The van der Waals surface area contributed by atoms with Crippen LogP contribution in [0.15, 0.2) is 29.5 Å². The first-order valence-electron chi connectivity index (χ1n) is 6.62. The second-order valence-corrected chi connectivity index (χ2v) is 5.70. The molecule has 8 heteroatoms. The van der Waals surface area contributed by atoms with E-state index < -0.39 is 11.9 Å². The molecule has 0 N–H and O–H groups in total. The van der Waals surface area contributed by atoms with Gasteiger partial charge in [-0.1, -0.05) is 0 Å². The zero-order chi connectivity index (χ0) is 17.0. The molecular formula is C15H16INO6. The van der Waals surface area contributed by atoms with Gasteiger partial charge in [0, 0.05) is 11.8 Å². The summed E-state index contributed by atoms with van der Waals surface area (Å²) in [4.78, 5) is 25.7. The van der Waals surface area contributed by atoms with E-state index in [-0.39, 0.29) is 24.6 Å². The van der Waals surface area contributed by atoms with Gasteiger partial charge in [-0.25, -0.2) is 9.59 Å². The third-order valence-electron chi connectivity index (χ3n) is 3.28. The predicted octanol–water partition coefficient (Wildman–Crippen LogP) is 1.69. The molecule has 0 aliphatic carbocycles. The number of esters is 2. The molecule has 0 amide bonds. The molecule has 1 aromatic rings. The molecule has 1 aliphatic heterocycles. The zero-order valence-electron chi connectivity index (χ0n) is 12.9. The smallest absolute Gasteiger partial charge is 0.355 e. The quantitative estimate of drug-likeness (QED) is 0.529. The minimum absolute atomic E-state index is 0.0187. The summed E-state index contributed by atoms with van der Waals surface area (Å²) in [6, 6.07) is 5.40. The maximum Gasteiger partial charge on any atom is 0.355 e. The van der Waals surface area contributed by atoms with Crippen LogP contribution in [0, 0.1) is 3.57 Å². The molecule has 0 atom stereocenters. The Labute approximate surface area is 147 Å². The molecule has 0 saturated carbocycles. The van der Waals surface area contributed by atoms with Crippen molar-refractivity contribution in [2.45, 2.75) is 0 Å². The van der Waals surface area contributed by atoms with Crippen LogP contribution >= 0.6 is 22.6 Å². The van der Waals surface area contributed by atoms with Crippen molar-refractivity contribution >= 4 is 40.2 Å². The van der Waals surface area contributed by atoms with Gasteiger partial charge in [0.1, 0.15) is 18.2 Å². The van der Waals surface area contributed by atoms with Crippen LogP contribution in [0.1, 0.15) is 0 Å². The van der Waals surface area contributed by atoms with Crippen molar-refractivity contribution in [3.05, 3.63) is 33.0 Å². The van der Waals surface area contributed by atoms with Gasteiger partial charge in [0.25, 0.3) is 0 Å². The van der Waals surface area contributed by atoms with Crippen molar-refractivity contribution < 1.29 is 28.5 Å². The Kier molecular flexibility index (Phi) is 5.83. The van der Waals surface area contributed by atoms with Gasteiger partial charge in [-0.3, -0.25) is 0 Å². The Morgan fingerprint density at radius 1 is 1.17 bits per heavy atom. The third-order valence-corrected chi connectivity index (χ3v) is 4.17. The van der Waals surface area contributed by atoms with Crippen LogP contribution in [-0.2, 0) is 23.8 Å². The summed E-state index contributed by atoms with van der Waals surface area (Å²) in [5, 5.41) is 0. The van der Waals surface area contributed by atoms with Crippen LogP contribution in [0.25, 0.3) is 0 Å². The number of anilines is 1. The molecule has 0 radical (unpaired) electrons. The van der Waals surface area contributed by atoms with Gasteiger partial charge < -0.3 is 23.8 Å². The first kappa shape index (κ1) is 17.5. The Morgan fingerprint density at radius 3 is 2.48 bits per heavy atom. The number of rotatable bonds is 4. The summed E-state index contributed by atoms with van der Waals surface area (Å²) in [6.45, 7) is 0.0871. The fraction of sp³-hybridized carbons (Fsp3) is 0.333. The van der Waals surface area contributed by atoms with Crippen molar-refractivity contribution in [2.24, 2.45) is 0 Å². The maximum absolute atomic E-state index is 12.2. The first-order chi connectivity index (χ1) is 11.0. The second kappa shape index (κ2) is 7.64. The average Bonchev–Trinajstić information content (AvgIpc) is 2.60. The van der Waals surface area contributed by atoms with Crippen LogP contribution in [0.3, 0.4) is 0 Å². The molecule has 0 spiro atoms. The van der Waals surface area contributed by atoms with Gasteiger partial charge in [-0.05, 0) is 34.7 Å². The highest BCUT2D eigenvalue weighted by molar-refractivity contribution is 14.1. The van der Waals surface area contributed by atoms with Crippen molar-refractivity contribution in [1.82, 2.24) is 0 Å². The Bertz CT molecular complexity index is 657. The fourth-order valence-corrected chi connectivity index (χ4v) is 2.72. The molecular weight excluding hydrogens is 417 g/mol. The van der Waals surface area contributed by atoms with Crippen LogP contribution < -0.4 is 9.64 Å². The van der Waals surface area contributed by atoms with Crippen LogP contribution in [-0.4, -0.2) is 46.6 Å². The first-order valence-corrected chi connectivity index (χ1v) is 7.70. The lowest BCUT2D eigenvalue weighted by molar-refractivity contribution is -0.140. The molecule has 2 rings (SSSR count). The average molecular weight is 433 g/mol. The summed E-state index contributed by atoms with van der Waals surface area (Å²) in [5.74, 6) is -0.615. The van der Waals surface area contributed by atoms with E-state index in [2.05, 4.69) is 22.6 Å². The summed E-state index contributed by atoms with van der Waals surface area (Å²) in [7, 11) is 4.06. The number of hydrogen-bond acceptors (Lipinski definition) is 7. The van der Waals surface area contributed by atoms with Crippen molar-refractivity contribution in [3.8, 4) is 5.75 Å². The number of methoxy groups -OCH3 is 3. The van der Waals surface area contributed by atoms with E-state index in [9.17, 15) is 9.59 Å². The zero-order valence-corrected chi connectivity index (χ0v) is 15.1. The fourth-order valence-electron chi connectivity index (χ4n) is 2.16. The summed E-state index contributed by atoms with van der Waals surface area (Å²) >= 11 is 2.14. The van der Waals surface area contributed by atoms with Gasteiger partial charge in [-0.2, -0.15) is 0 Å². The van der Waals surface area contributed by atoms with E-state index in [0.29, 0.717) is 11.4 Å². The van der Waals surface area contributed by atoms with Gasteiger partial charge in [0.05, 0.1) is 37.1 Å². The molecule has 1 aliphatic rings. The van der Waals surface area contributed by atoms with Gasteiger partial charge in [0.15, 0.2) is 0 Å². The van der Waals surface area contributed by atoms with Crippen molar-refractivity contribution in [1.29, 1.82) is 0 Å². The summed E-state index contributed by atoms with van der Waals surface area (Å²) in [5.41, 5.74) is 0.862. The van der Waals surface area contributed by atoms with Crippen molar-refractivity contribution in [2.75, 3.05) is 39.6 Å². The minimum atomic E-state index is -0.633. The number of nitrogens with zero attached hydrogens (tertiary/aromatic N) is 1. The molecule has 23 heavy (non-hydrogen) atoms.